The minimum Gasteiger partial charge on any atom is -0.273 e. The summed E-state index contributed by atoms with van der Waals surface area (Å²) in [7, 11) is 0. The SMILES string of the molecule is CC(C)CC(=O)N1CCCCN1C(=O)CC(C)C. The smallest absolute Gasteiger partial charge is 0.241 e. The van der Waals surface area contributed by atoms with Gasteiger partial charge in [-0.05, 0) is 24.7 Å². The van der Waals surface area contributed by atoms with Crippen molar-refractivity contribution in [1.29, 1.82) is 0 Å². The number of hydrogen-bond donors (Lipinski definition) is 0. The van der Waals surface area contributed by atoms with E-state index >= 15 is 0 Å². The van der Waals surface area contributed by atoms with E-state index in [2.05, 4.69) is 0 Å². The predicted octanol–water partition coefficient (Wildman–Crippen LogP) is 2.44. The maximum absolute atomic E-state index is 12.1. The highest BCUT2D eigenvalue weighted by Crippen LogP contribution is 2.17. The summed E-state index contributed by atoms with van der Waals surface area (Å²) in [5, 5.41) is 3.35. The number of rotatable bonds is 4. The van der Waals surface area contributed by atoms with E-state index in [4.69, 9.17) is 0 Å². The Hall–Kier alpha value is -1.06. The van der Waals surface area contributed by atoms with Gasteiger partial charge in [0, 0.05) is 25.9 Å². The second kappa shape index (κ2) is 6.76. The number of carbonyl (C=O) groups excluding carboxylic acids is 2. The molecule has 4 heteroatoms. The summed E-state index contributed by atoms with van der Waals surface area (Å²) in [6.45, 7) is 9.50. The fourth-order valence-corrected chi connectivity index (χ4v) is 2.19. The summed E-state index contributed by atoms with van der Waals surface area (Å²) in [6.07, 6.45) is 3.03. The van der Waals surface area contributed by atoms with E-state index in [1.807, 2.05) is 27.7 Å². The third-order valence-corrected chi connectivity index (χ3v) is 3.02. The Kier molecular flexibility index (Phi) is 5.63. The summed E-state index contributed by atoms with van der Waals surface area (Å²) in [5.74, 6) is 0.839. The minimum atomic E-state index is 0.0850. The van der Waals surface area contributed by atoms with E-state index in [0.29, 0.717) is 37.8 Å². The van der Waals surface area contributed by atoms with Crippen LogP contribution in [-0.4, -0.2) is 34.9 Å². The monoisotopic (exact) mass is 254 g/mol. The maximum Gasteiger partial charge on any atom is 0.241 e. The van der Waals surface area contributed by atoms with E-state index in [-0.39, 0.29) is 11.8 Å². The van der Waals surface area contributed by atoms with Crippen molar-refractivity contribution in [3.05, 3.63) is 0 Å². The predicted molar refractivity (Wildman–Crippen MR) is 71.6 cm³/mol. The molecule has 18 heavy (non-hydrogen) atoms. The number of amides is 2. The highest BCUT2D eigenvalue weighted by atomic mass is 16.2. The molecule has 0 aromatic heterocycles. The van der Waals surface area contributed by atoms with Gasteiger partial charge in [-0.25, -0.2) is 0 Å². The molecule has 0 aromatic rings. The Morgan fingerprint density at radius 2 is 1.17 bits per heavy atom. The summed E-state index contributed by atoms with van der Waals surface area (Å²) < 4.78 is 0. The van der Waals surface area contributed by atoms with E-state index < -0.39 is 0 Å². The molecule has 2 amide bonds. The zero-order valence-electron chi connectivity index (χ0n) is 12.1. The topological polar surface area (TPSA) is 40.6 Å². The minimum absolute atomic E-state index is 0.0850. The van der Waals surface area contributed by atoms with Crippen molar-refractivity contribution in [2.24, 2.45) is 11.8 Å². The summed E-state index contributed by atoms with van der Waals surface area (Å²) in [5.41, 5.74) is 0. The van der Waals surface area contributed by atoms with Crippen LogP contribution < -0.4 is 0 Å². The van der Waals surface area contributed by atoms with Gasteiger partial charge in [-0.15, -0.1) is 0 Å². The lowest BCUT2D eigenvalue weighted by atomic mass is 10.1. The Balaban J connectivity index is 2.67. The van der Waals surface area contributed by atoms with Crippen LogP contribution in [0.4, 0.5) is 0 Å². The van der Waals surface area contributed by atoms with Crippen molar-refractivity contribution < 1.29 is 9.59 Å². The van der Waals surface area contributed by atoms with Gasteiger partial charge >= 0.3 is 0 Å². The molecule has 104 valence electrons. The van der Waals surface area contributed by atoms with Gasteiger partial charge in [0.1, 0.15) is 0 Å². The molecule has 4 nitrogen and oxygen atoms in total. The lowest BCUT2D eigenvalue weighted by molar-refractivity contribution is -0.168. The molecule has 0 aromatic carbocycles. The van der Waals surface area contributed by atoms with E-state index in [1.165, 1.54) is 0 Å². The Labute approximate surface area is 110 Å². The zero-order valence-corrected chi connectivity index (χ0v) is 12.1. The third-order valence-electron chi connectivity index (χ3n) is 3.02. The summed E-state index contributed by atoms with van der Waals surface area (Å²) in [6, 6.07) is 0. The van der Waals surface area contributed by atoms with Crippen LogP contribution in [0.25, 0.3) is 0 Å². The molecule has 1 rings (SSSR count). The number of nitrogens with zero attached hydrogens (tertiary/aromatic N) is 2. The molecule has 0 unspecified atom stereocenters. The maximum atomic E-state index is 12.1. The molecule has 0 N–H and O–H groups in total. The molecule has 1 saturated heterocycles. The first kappa shape index (κ1) is 15.0. The first-order valence-corrected chi connectivity index (χ1v) is 7.02. The van der Waals surface area contributed by atoms with Crippen LogP contribution in [0.15, 0.2) is 0 Å². The van der Waals surface area contributed by atoms with Crippen molar-refractivity contribution >= 4 is 11.8 Å². The van der Waals surface area contributed by atoms with Gasteiger partial charge in [0.2, 0.25) is 11.8 Å². The van der Waals surface area contributed by atoms with Gasteiger partial charge in [-0.3, -0.25) is 19.6 Å². The molecule has 1 fully saturated rings. The van der Waals surface area contributed by atoms with Crippen molar-refractivity contribution in [2.45, 2.75) is 53.4 Å². The standard InChI is InChI=1S/C14H26N2O2/c1-11(2)9-13(17)15-7-5-6-8-16(15)14(18)10-12(3)4/h11-12H,5-10H2,1-4H3. The van der Waals surface area contributed by atoms with Gasteiger partial charge in [0.05, 0.1) is 0 Å². The molecule has 0 atom stereocenters. The van der Waals surface area contributed by atoms with Gasteiger partial charge in [0.25, 0.3) is 0 Å². The highest BCUT2D eigenvalue weighted by Gasteiger charge is 2.28. The molecule has 0 spiro atoms. The van der Waals surface area contributed by atoms with Crippen LogP contribution in [-0.2, 0) is 9.59 Å². The normalized spacial score (nSPS) is 16.6. The molecule has 0 bridgehead atoms. The first-order valence-electron chi connectivity index (χ1n) is 7.02. The lowest BCUT2D eigenvalue weighted by Crippen LogP contribution is -2.53. The Morgan fingerprint density at radius 1 is 0.833 bits per heavy atom. The molecule has 1 aliphatic heterocycles. The molecule has 1 aliphatic rings. The number of carbonyl (C=O) groups is 2. The summed E-state index contributed by atoms with van der Waals surface area (Å²) >= 11 is 0. The molecular weight excluding hydrogens is 228 g/mol. The van der Waals surface area contributed by atoms with Crippen LogP contribution in [0.2, 0.25) is 0 Å². The van der Waals surface area contributed by atoms with Gasteiger partial charge in [-0.1, -0.05) is 27.7 Å². The van der Waals surface area contributed by atoms with E-state index in [1.54, 1.807) is 10.0 Å². The zero-order chi connectivity index (χ0) is 13.7. The van der Waals surface area contributed by atoms with Crippen LogP contribution in [0.5, 0.6) is 0 Å². The molecular formula is C14H26N2O2. The summed E-state index contributed by atoms with van der Waals surface area (Å²) in [4.78, 5) is 24.3. The van der Waals surface area contributed by atoms with Crippen molar-refractivity contribution in [1.82, 2.24) is 10.0 Å². The van der Waals surface area contributed by atoms with Gasteiger partial charge in [0.15, 0.2) is 0 Å². The molecule has 0 saturated carbocycles. The second-order valence-electron chi connectivity index (χ2n) is 5.94. The van der Waals surface area contributed by atoms with Crippen LogP contribution in [0.3, 0.4) is 0 Å². The third kappa shape index (κ3) is 4.31. The first-order chi connectivity index (χ1) is 8.41. The largest absolute Gasteiger partial charge is 0.273 e. The molecule has 0 radical (unpaired) electrons. The lowest BCUT2D eigenvalue weighted by Gasteiger charge is -2.39. The molecule has 0 aliphatic carbocycles. The fraction of sp³-hybridized carbons (Fsp3) is 0.857. The average Bonchev–Trinajstić information content (AvgIpc) is 2.27. The van der Waals surface area contributed by atoms with E-state index in [0.717, 1.165) is 12.8 Å². The van der Waals surface area contributed by atoms with Crippen LogP contribution in [0, 0.1) is 11.8 Å². The Bertz CT molecular complexity index is 270. The van der Waals surface area contributed by atoms with Crippen molar-refractivity contribution in [2.75, 3.05) is 13.1 Å². The van der Waals surface area contributed by atoms with Crippen molar-refractivity contribution in [3.63, 3.8) is 0 Å². The quantitative estimate of drug-likeness (QED) is 0.773. The Morgan fingerprint density at radius 3 is 1.44 bits per heavy atom. The van der Waals surface area contributed by atoms with Gasteiger partial charge in [-0.2, -0.15) is 0 Å². The highest BCUT2D eigenvalue weighted by molar-refractivity contribution is 5.82. The number of hydrazine groups is 1. The van der Waals surface area contributed by atoms with Crippen LogP contribution in [0.1, 0.15) is 53.4 Å². The van der Waals surface area contributed by atoms with Crippen LogP contribution >= 0.6 is 0 Å². The number of hydrogen-bond acceptors (Lipinski definition) is 2. The average molecular weight is 254 g/mol. The van der Waals surface area contributed by atoms with Gasteiger partial charge < -0.3 is 0 Å². The van der Waals surface area contributed by atoms with E-state index in [9.17, 15) is 9.59 Å². The fourth-order valence-electron chi connectivity index (χ4n) is 2.19. The second-order valence-corrected chi connectivity index (χ2v) is 5.94. The van der Waals surface area contributed by atoms with Crippen molar-refractivity contribution in [3.8, 4) is 0 Å². The molecule has 1 heterocycles.